The molecule has 4 rings (SSSR count). The zero-order valence-corrected chi connectivity index (χ0v) is 17.5. The molecule has 6 heteroatoms. The number of nitrogens with one attached hydrogen (secondary N) is 1. The fourth-order valence-corrected chi connectivity index (χ4v) is 6.63. The minimum Gasteiger partial charge on any atom is -0.462 e. The summed E-state index contributed by atoms with van der Waals surface area (Å²) in [6.07, 6.45) is 7.32. The number of carbonyl (C=O) groups is 2. The van der Waals surface area contributed by atoms with Gasteiger partial charge in [0.05, 0.1) is 17.7 Å². The summed E-state index contributed by atoms with van der Waals surface area (Å²) in [7, 11) is 0. The van der Waals surface area contributed by atoms with Crippen molar-refractivity contribution in [1.82, 2.24) is 0 Å². The Morgan fingerprint density at radius 2 is 2.00 bits per heavy atom. The maximum Gasteiger partial charge on any atom is 0.341 e. The van der Waals surface area contributed by atoms with Crippen LogP contribution in [0.5, 0.6) is 0 Å². The molecule has 2 aliphatic rings. The van der Waals surface area contributed by atoms with Crippen LogP contribution in [0.2, 0.25) is 0 Å². The maximum atomic E-state index is 13.0. The molecule has 0 bridgehead atoms. The van der Waals surface area contributed by atoms with Crippen LogP contribution >= 0.6 is 22.7 Å². The van der Waals surface area contributed by atoms with Gasteiger partial charge >= 0.3 is 5.97 Å². The number of amides is 1. The number of rotatable bonds is 4. The molecule has 0 saturated heterocycles. The molecule has 0 aliphatic heterocycles. The molecule has 0 spiro atoms. The summed E-state index contributed by atoms with van der Waals surface area (Å²) in [5.74, 6) is 0.206. The van der Waals surface area contributed by atoms with Gasteiger partial charge in [-0.2, -0.15) is 0 Å². The van der Waals surface area contributed by atoms with Crippen LogP contribution in [0.1, 0.15) is 74.7 Å². The first-order valence-corrected chi connectivity index (χ1v) is 11.5. The van der Waals surface area contributed by atoms with Crippen LogP contribution in [0.25, 0.3) is 0 Å². The van der Waals surface area contributed by atoms with Gasteiger partial charge in [-0.1, -0.05) is 6.92 Å². The predicted molar refractivity (Wildman–Crippen MR) is 110 cm³/mol. The second-order valence-electron chi connectivity index (χ2n) is 7.49. The average molecular weight is 404 g/mol. The first-order valence-electron chi connectivity index (χ1n) is 9.80. The molecule has 1 atom stereocenters. The lowest BCUT2D eigenvalue weighted by Gasteiger charge is -2.18. The second-order valence-corrected chi connectivity index (χ2v) is 9.56. The standard InChI is InChI=1S/C21H25NO3S2/c1-3-25-21(24)18-14-9-8-12(2)10-17(14)27-20(18)22-19(23)15-11-26-16-7-5-4-6-13(15)16/h11-12H,3-10H2,1-2H3,(H,22,23)/t12-/m1/s1. The highest BCUT2D eigenvalue weighted by molar-refractivity contribution is 7.17. The predicted octanol–water partition coefficient (Wildman–Crippen LogP) is 5.24. The van der Waals surface area contributed by atoms with Crippen LogP contribution in [-0.2, 0) is 30.4 Å². The Hall–Kier alpha value is -1.66. The highest BCUT2D eigenvalue weighted by Gasteiger charge is 2.30. The molecule has 1 amide bonds. The highest BCUT2D eigenvalue weighted by Crippen LogP contribution is 2.40. The SMILES string of the molecule is CCOC(=O)c1c(NC(=O)c2csc3c2CCCC3)sc2c1CC[C@@H](C)C2. The van der Waals surface area contributed by atoms with E-state index in [0.29, 0.717) is 23.1 Å². The van der Waals surface area contributed by atoms with Gasteiger partial charge in [0.25, 0.3) is 5.91 Å². The minimum absolute atomic E-state index is 0.0911. The monoisotopic (exact) mass is 403 g/mol. The molecular weight excluding hydrogens is 378 g/mol. The molecule has 2 aromatic heterocycles. The Morgan fingerprint density at radius 1 is 1.19 bits per heavy atom. The fraction of sp³-hybridized carbons (Fsp3) is 0.524. The van der Waals surface area contributed by atoms with E-state index in [0.717, 1.165) is 49.7 Å². The lowest BCUT2D eigenvalue weighted by molar-refractivity contribution is 0.0526. The number of anilines is 1. The molecule has 0 radical (unpaired) electrons. The smallest absolute Gasteiger partial charge is 0.341 e. The molecule has 4 nitrogen and oxygen atoms in total. The summed E-state index contributed by atoms with van der Waals surface area (Å²) >= 11 is 3.24. The van der Waals surface area contributed by atoms with E-state index < -0.39 is 0 Å². The number of thiophene rings is 2. The molecule has 0 aromatic carbocycles. The highest BCUT2D eigenvalue weighted by atomic mass is 32.1. The van der Waals surface area contributed by atoms with Gasteiger partial charge in [0.15, 0.2) is 0 Å². The zero-order chi connectivity index (χ0) is 19.0. The third-order valence-electron chi connectivity index (χ3n) is 5.52. The van der Waals surface area contributed by atoms with Crippen molar-refractivity contribution in [1.29, 1.82) is 0 Å². The number of carbonyl (C=O) groups excluding carboxylic acids is 2. The molecule has 2 aliphatic carbocycles. The van der Waals surface area contributed by atoms with Crippen molar-refractivity contribution in [3.8, 4) is 0 Å². The quantitative estimate of drug-likeness (QED) is 0.710. The molecule has 0 saturated carbocycles. The number of esters is 1. The van der Waals surface area contributed by atoms with Gasteiger partial charge in [0.2, 0.25) is 0 Å². The Kier molecular flexibility index (Phi) is 5.37. The van der Waals surface area contributed by atoms with E-state index in [2.05, 4.69) is 12.2 Å². The summed E-state index contributed by atoms with van der Waals surface area (Å²) < 4.78 is 5.30. The largest absolute Gasteiger partial charge is 0.462 e. The molecule has 0 fully saturated rings. The van der Waals surface area contributed by atoms with Crippen molar-refractivity contribution in [3.63, 3.8) is 0 Å². The van der Waals surface area contributed by atoms with Crippen molar-refractivity contribution in [3.05, 3.63) is 37.4 Å². The Balaban J connectivity index is 1.66. The van der Waals surface area contributed by atoms with Gasteiger partial charge < -0.3 is 10.1 Å². The van der Waals surface area contributed by atoms with Gasteiger partial charge in [-0.25, -0.2) is 4.79 Å². The maximum absolute atomic E-state index is 13.0. The van der Waals surface area contributed by atoms with E-state index in [-0.39, 0.29) is 11.9 Å². The van der Waals surface area contributed by atoms with E-state index in [1.807, 2.05) is 12.3 Å². The second kappa shape index (κ2) is 7.76. The lowest BCUT2D eigenvalue weighted by Crippen LogP contribution is -2.17. The number of ether oxygens (including phenoxy) is 1. The average Bonchev–Trinajstić information content (AvgIpc) is 3.22. The van der Waals surface area contributed by atoms with Gasteiger partial charge in [-0.3, -0.25) is 4.79 Å². The summed E-state index contributed by atoms with van der Waals surface area (Å²) in [5, 5.41) is 5.70. The van der Waals surface area contributed by atoms with Crippen LogP contribution in [-0.4, -0.2) is 18.5 Å². The Labute approximate surface area is 167 Å². The normalized spacial score (nSPS) is 18.5. The minimum atomic E-state index is -0.313. The molecule has 27 heavy (non-hydrogen) atoms. The molecule has 144 valence electrons. The van der Waals surface area contributed by atoms with Crippen LogP contribution in [0.3, 0.4) is 0 Å². The molecule has 1 N–H and O–H groups in total. The number of aryl methyl sites for hydroxylation is 1. The lowest BCUT2D eigenvalue weighted by atomic mass is 9.88. The van der Waals surface area contributed by atoms with Crippen molar-refractivity contribution in [2.75, 3.05) is 11.9 Å². The van der Waals surface area contributed by atoms with E-state index in [9.17, 15) is 9.59 Å². The van der Waals surface area contributed by atoms with E-state index in [4.69, 9.17) is 4.74 Å². The van der Waals surface area contributed by atoms with E-state index in [1.54, 1.807) is 22.7 Å². The first kappa shape index (κ1) is 18.7. The van der Waals surface area contributed by atoms with Gasteiger partial charge in [-0.15, -0.1) is 22.7 Å². The van der Waals surface area contributed by atoms with Crippen molar-refractivity contribution >= 4 is 39.6 Å². The first-order chi connectivity index (χ1) is 13.1. The summed E-state index contributed by atoms with van der Waals surface area (Å²) in [6, 6.07) is 0. The topological polar surface area (TPSA) is 55.4 Å². The summed E-state index contributed by atoms with van der Waals surface area (Å²) in [4.78, 5) is 28.2. The third kappa shape index (κ3) is 3.57. The fourth-order valence-electron chi connectivity index (χ4n) is 4.11. The van der Waals surface area contributed by atoms with E-state index in [1.165, 1.54) is 21.7 Å². The number of fused-ring (bicyclic) bond motifs is 2. The molecule has 2 aromatic rings. The summed E-state index contributed by atoms with van der Waals surface area (Å²) in [5.41, 5.74) is 3.65. The van der Waals surface area contributed by atoms with Gasteiger partial charge in [-0.05, 0) is 68.9 Å². The van der Waals surface area contributed by atoms with Crippen molar-refractivity contribution < 1.29 is 14.3 Å². The van der Waals surface area contributed by atoms with Crippen LogP contribution < -0.4 is 5.32 Å². The zero-order valence-electron chi connectivity index (χ0n) is 15.9. The summed E-state index contributed by atoms with van der Waals surface area (Å²) in [6.45, 7) is 4.39. The van der Waals surface area contributed by atoms with E-state index >= 15 is 0 Å². The van der Waals surface area contributed by atoms with Gasteiger partial charge in [0, 0.05) is 15.1 Å². The van der Waals surface area contributed by atoms with Crippen molar-refractivity contribution in [2.24, 2.45) is 5.92 Å². The van der Waals surface area contributed by atoms with Crippen LogP contribution in [0, 0.1) is 5.92 Å². The van der Waals surface area contributed by atoms with Gasteiger partial charge in [0.1, 0.15) is 5.00 Å². The Morgan fingerprint density at radius 3 is 2.81 bits per heavy atom. The van der Waals surface area contributed by atoms with Crippen LogP contribution in [0.4, 0.5) is 5.00 Å². The van der Waals surface area contributed by atoms with Crippen LogP contribution in [0.15, 0.2) is 5.38 Å². The third-order valence-corrected chi connectivity index (χ3v) is 7.78. The molecular formula is C21H25NO3S2. The van der Waals surface area contributed by atoms with Crippen molar-refractivity contribution in [2.45, 2.75) is 58.8 Å². The molecule has 2 heterocycles. The Bertz CT molecular complexity index is 880. The number of hydrogen-bond acceptors (Lipinski definition) is 5. The number of hydrogen-bond donors (Lipinski definition) is 1. The molecule has 0 unspecified atom stereocenters.